The van der Waals surface area contributed by atoms with Crippen molar-refractivity contribution in [1.82, 2.24) is 0 Å². The van der Waals surface area contributed by atoms with Crippen molar-refractivity contribution in [3.8, 4) is 40.2 Å². The Morgan fingerprint density at radius 1 is 0.361 bits per heavy atom. The Morgan fingerprint density at radius 2 is 0.667 bits per heavy atom. The second-order valence-corrected chi connectivity index (χ2v) is 8.26. The minimum absolute atomic E-state index is 0.596. The standard InChI is InChI=1S/C29H36O7/c1-30-23-13-19(8-10-21-15-24(31-2)28(35-6)25(16-21)32-3)12-20(14-23)9-11-22-17-26(33-4)29(36-7)27(18-22)34-5/h12-18H,8-11H2,1-7H3. The molecular weight excluding hydrogens is 460 g/mol. The fourth-order valence-electron chi connectivity index (χ4n) is 4.27. The maximum absolute atomic E-state index is 5.59. The number of aryl methyl sites for hydroxylation is 4. The molecule has 194 valence electrons. The van der Waals surface area contributed by atoms with E-state index in [9.17, 15) is 0 Å². The van der Waals surface area contributed by atoms with E-state index in [4.69, 9.17) is 33.2 Å². The number of benzene rings is 3. The molecule has 0 radical (unpaired) electrons. The lowest BCUT2D eigenvalue weighted by Gasteiger charge is -2.15. The lowest BCUT2D eigenvalue weighted by atomic mass is 9.98. The second kappa shape index (κ2) is 12.8. The van der Waals surface area contributed by atoms with Crippen molar-refractivity contribution in [3.05, 3.63) is 64.7 Å². The van der Waals surface area contributed by atoms with Gasteiger partial charge in [-0.1, -0.05) is 6.07 Å². The van der Waals surface area contributed by atoms with Gasteiger partial charge >= 0.3 is 0 Å². The van der Waals surface area contributed by atoms with Crippen LogP contribution in [0.1, 0.15) is 22.3 Å². The van der Waals surface area contributed by atoms with Gasteiger partial charge < -0.3 is 33.2 Å². The molecule has 7 nitrogen and oxygen atoms in total. The van der Waals surface area contributed by atoms with Gasteiger partial charge in [-0.25, -0.2) is 0 Å². The summed E-state index contributed by atoms with van der Waals surface area (Å²) in [6, 6.07) is 14.4. The van der Waals surface area contributed by atoms with Crippen molar-refractivity contribution in [2.24, 2.45) is 0 Å². The van der Waals surface area contributed by atoms with Crippen LogP contribution in [0.3, 0.4) is 0 Å². The zero-order chi connectivity index (χ0) is 26.1. The van der Waals surface area contributed by atoms with Crippen LogP contribution in [0.5, 0.6) is 40.2 Å². The van der Waals surface area contributed by atoms with Crippen LogP contribution < -0.4 is 33.2 Å². The molecule has 0 unspecified atom stereocenters. The molecule has 0 spiro atoms. The Kier molecular flexibility index (Phi) is 9.56. The van der Waals surface area contributed by atoms with Crippen LogP contribution in [-0.2, 0) is 25.7 Å². The predicted octanol–water partition coefficient (Wildman–Crippen LogP) is 5.32. The van der Waals surface area contributed by atoms with Crippen molar-refractivity contribution in [2.75, 3.05) is 49.8 Å². The minimum Gasteiger partial charge on any atom is -0.497 e. The summed E-state index contributed by atoms with van der Waals surface area (Å²) in [6.07, 6.45) is 3.31. The smallest absolute Gasteiger partial charge is 0.203 e. The van der Waals surface area contributed by atoms with Crippen molar-refractivity contribution in [2.45, 2.75) is 25.7 Å². The van der Waals surface area contributed by atoms with Crippen LogP contribution in [0.2, 0.25) is 0 Å². The Bertz CT molecular complexity index is 1020. The molecule has 3 aromatic carbocycles. The third-order valence-electron chi connectivity index (χ3n) is 6.12. The van der Waals surface area contributed by atoms with E-state index in [2.05, 4.69) is 18.2 Å². The summed E-state index contributed by atoms with van der Waals surface area (Å²) in [6.45, 7) is 0. The molecule has 36 heavy (non-hydrogen) atoms. The third kappa shape index (κ3) is 6.27. The number of hydrogen-bond acceptors (Lipinski definition) is 7. The fraction of sp³-hybridized carbons (Fsp3) is 0.379. The lowest BCUT2D eigenvalue weighted by molar-refractivity contribution is 0.324. The van der Waals surface area contributed by atoms with Crippen LogP contribution in [0.4, 0.5) is 0 Å². The first-order chi connectivity index (χ1) is 17.5. The fourth-order valence-corrected chi connectivity index (χ4v) is 4.27. The molecule has 0 bridgehead atoms. The van der Waals surface area contributed by atoms with Crippen LogP contribution in [0.15, 0.2) is 42.5 Å². The molecule has 0 atom stereocenters. The first kappa shape index (κ1) is 26.9. The van der Waals surface area contributed by atoms with E-state index >= 15 is 0 Å². The van der Waals surface area contributed by atoms with Gasteiger partial charge in [0.15, 0.2) is 23.0 Å². The molecule has 0 aromatic heterocycles. The first-order valence-electron chi connectivity index (χ1n) is 11.7. The average molecular weight is 497 g/mol. The Morgan fingerprint density at radius 3 is 0.917 bits per heavy atom. The van der Waals surface area contributed by atoms with E-state index in [0.717, 1.165) is 42.6 Å². The van der Waals surface area contributed by atoms with Gasteiger partial charge in [-0.05, 0) is 84.3 Å². The summed E-state index contributed by atoms with van der Waals surface area (Å²) < 4.78 is 38.5. The van der Waals surface area contributed by atoms with Crippen LogP contribution in [0, 0.1) is 0 Å². The van der Waals surface area contributed by atoms with Gasteiger partial charge in [-0.15, -0.1) is 0 Å². The average Bonchev–Trinajstić information content (AvgIpc) is 2.93. The summed E-state index contributed by atoms with van der Waals surface area (Å²) in [5.74, 6) is 4.66. The van der Waals surface area contributed by atoms with E-state index in [1.807, 2.05) is 24.3 Å². The van der Waals surface area contributed by atoms with Gasteiger partial charge in [0.2, 0.25) is 11.5 Å². The lowest BCUT2D eigenvalue weighted by Crippen LogP contribution is -2.00. The maximum Gasteiger partial charge on any atom is 0.203 e. The Labute approximate surface area is 213 Å². The zero-order valence-electron chi connectivity index (χ0n) is 22.2. The summed E-state index contributed by atoms with van der Waals surface area (Å²) in [4.78, 5) is 0. The highest BCUT2D eigenvalue weighted by atomic mass is 16.5. The normalized spacial score (nSPS) is 10.5. The minimum atomic E-state index is 0.596. The van der Waals surface area contributed by atoms with E-state index in [-0.39, 0.29) is 0 Å². The Balaban J connectivity index is 1.78. The van der Waals surface area contributed by atoms with Crippen LogP contribution >= 0.6 is 0 Å². The molecule has 0 saturated carbocycles. The summed E-state index contributed by atoms with van der Waals surface area (Å²) in [5, 5.41) is 0. The highest BCUT2D eigenvalue weighted by Gasteiger charge is 2.15. The number of rotatable bonds is 13. The largest absolute Gasteiger partial charge is 0.497 e. The summed E-state index contributed by atoms with van der Waals surface area (Å²) in [7, 11) is 11.4. The maximum atomic E-state index is 5.59. The van der Waals surface area contributed by atoms with Gasteiger partial charge in [-0.3, -0.25) is 0 Å². The highest BCUT2D eigenvalue weighted by molar-refractivity contribution is 5.55. The van der Waals surface area contributed by atoms with Gasteiger partial charge in [0.05, 0.1) is 49.8 Å². The second-order valence-electron chi connectivity index (χ2n) is 8.26. The molecule has 3 rings (SSSR count). The van der Waals surface area contributed by atoms with E-state index in [0.29, 0.717) is 34.5 Å². The molecule has 0 aliphatic heterocycles. The van der Waals surface area contributed by atoms with Crippen LogP contribution in [0.25, 0.3) is 0 Å². The summed E-state index contributed by atoms with van der Waals surface area (Å²) >= 11 is 0. The predicted molar refractivity (Wildman–Crippen MR) is 140 cm³/mol. The summed E-state index contributed by atoms with van der Waals surface area (Å²) in [5.41, 5.74) is 4.60. The highest BCUT2D eigenvalue weighted by Crippen LogP contribution is 2.39. The van der Waals surface area contributed by atoms with Crippen molar-refractivity contribution >= 4 is 0 Å². The molecule has 0 amide bonds. The molecule has 7 heteroatoms. The van der Waals surface area contributed by atoms with E-state index in [1.165, 1.54) is 11.1 Å². The van der Waals surface area contributed by atoms with Gasteiger partial charge in [0.25, 0.3) is 0 Å². The van der Waals surface area contributed by atoms with E-state index in [1.54, 1.807) is 49.8 Å². The zero-order valence-corrected chi connectivity index (χ0v) is 22.2. The first-order valence-corrected chi connectivity index (χ1v) is 11.7. The molecule has 0 aliphatic carbocycles. The van der Waals surface area contributed by atoms with Crippen molar-refractivity contribution in [1.29, 1.82) is 0 Å². The Hall–Kier alpha value is -3.74. The van der Waals surface area contributed by atoms with Gasteiger partial charge in [0, 0.05) is 0 Å². The SMILES string of the molecule is COc1cc(CCc2cc(OC)c(OC)c(OC)c2)cc(CCc2cc(OC)c(OC)c(OC)c2)c1. The van der Waals surface area contributed by atoms with Crippen LogP contribution in [-0.4, -0.2) is 49.8 Å². The molecule has 3 aromatic rings. The quantitative estimate of drug-likeness (QED) is 0.317. The topological polar surface area (TPSA) is 64.6 Å². The van der Waals surface area contributed by atoms with E-state index < -0.39 is 0 Å². The molecular formula is C29H36O7. The third-order valence-corrected chi connectivity index (χ3v) is 6.12. The molecule has 0 N–H and O–H groups in total. The molecule has 0 heterocycles. The van der Waals surface area contributed by atoms with Crippen molar-refractivity contribution in [3.63, 3.8) is 0 Å². The number of ether oxygens (including phenoxy) is 7. The molecule has 0 aliphatic rings. The molecule has 0 fully saturated rings. The monoisotopic (exact) mass is 496 g/mol. The molecule has 0 saturated heterocycles. The number of hydrogen-bond donors (Lipinski definition) is 0. The number of methoxy groups -OCH3 is 7. The van der Waals surface area contributed by atoms with Crippen molar-refractivity contribution < 1.29 is 33.2 Å². The van der Waals surface area contributed by atoms with Gasteiger partial charge in [0.1, 0.15) is 5.75 Å². The van der Waals surface area contributed by atoms with Gasteiger partial charge in [-0.2, -0.15) is 0 Å².